The quantitative estimate of drug-likeness (QED) is 0.842. The van der Waals surface area contributed by atoms with E-state index in [1.165, 1.54) is 19.3 Å². The van der Waals surface area contributed by atoms with Gasteiger partial charge in [-0.2, -0.15) is 5.10 Å². The van der Waals surface area contributed by atoms with Crippen molar-refractivity contribution in [2.75, 3.05) is 6.54 Å². The third kappa shape index (κ3) is 3.31. The lowest BCUT2D eigenvalue weighted by molar-refractivity contribution is 0.0943. The number of amides is 1. The fraction of sp³-hybridized carbons (Fsp3) is 0.667. The minimum Gasteiger partial charge on any atom is -0.352 e. The molecule has 0 radical (unpaired) electrons. The predicted molar refractivity (Wildman–Crippen MR) is 70.3 cm³/mol. The van der Waals surface area contributed by atoms with Crippen LogP contribution in [0.5, 0.6) is 0 Å². The molecule has 0 aliphatic heterocycles. The molecule has 1 aromatic heterocycles. The Morgan fingerprint density at radius 2 is 2.47 bits per heavy atom. The number of halogens is 1. The predicted octanol–water partition coefficient (Wildman–Crippen LogP) is 2.40. The van der Waals surface area contributed by atoms with Gasteiger partial charge in [-0.25, -0.2) is 0 Å². The molecule has 1 aliphatic carbocycles. The number of rotatable bonds is 3. The first-order valence-electron chi connectivity index (χ1n) is 6.09. The van der Waals surface area contributed by atoms with Gasteiger partial charge in [0.15, 0.2) is 0 Å². The molecule has 2 rings (SSSR count). The van der Waals surface area contributed by atoms with Crippen molar-refractivity contribution in [3.05, 3.63) is 17.5 Å². The number of aromatic amines is 1. The Bertz CT molecular complexity index is 391. The number of aryl methyl sites for hydroxylation is 1. The highest BCUT2D eigenvalue weighted by molar-refractivity contribution is 9.09. The summed E-state index contributed by atoms with van der Waals surface area (Å²) in [7, 11) is 0. The summed E-state index contributed by atoms with van der Waals surface area (Å²) in [6.45, 7) is 2.63. The van der Waals surface area contributed by atoms with Crippen LogP contribution in [0.2, 0.25) is 0 Å². The van der Waals surface area contributed by atoms with Gasteiger partial charge in [0.1, 0.15) is 0 Å². The Hall–Kier alpha value is -0.840. The molecule has 17 heavy (non-hydrogen) atoms. The van der Waals surface area contributed by atoms with Crippen LogP contribution >= 0.6 is 15.9 Å². The highest BCUT2D eigenvalue weighted by Gasteiger charge is 2.21. The number of hydrogen-bond acceptors (Lipinski definition) is 2. The second kappa shape index (κ2) is 5.67. The van der Waals surface area contributed by atoms with E-state index in [4.69, 9.17) is 0 Å². The van der Waals surface area contributed by atoms with Crippen molar-refractivity contribution >= 4 is 21.8 Å². The lowest BCUT2D eigenvalue weighted by Crippen LogP contribution is -2.32. The van der Waals surface area contributed by atoms with E-state index in [2.05, 4.69) is 31.4 Å². The van der Waals surface area contributed by atoms with Gasteiger partial charge in [0, 0.05) is 17.1 Å². The third-order valence-electron chi connectivity index (χ3n) is 3.34. The summed E-state index contributed by atoms with van der Waals surface area (Å²) < 4.78 is 0. The van der Waals surface area contributed by atoms with Gasteiger partial charge in [-0.05, 0) is 32.1 Å². The summed E-state index contributed by atoms with van der Waals surface area (Å²) in [5.41, 5.74) is 1.47. The van der Waals surface area contributed by atoms with Crippen molar-refractivity contribution in [3.63, 3.8) is 0 Å². The van der Waals surface area contributed by atoms with E-state index in [9.17, 15) is 4.79 Å². The number of carbonyl (C=O) groups is 1. The van der Waals surface area contributed by atoms with Gasteiger partial charge in [0.25, 0.3) is 5.91 Å². The smallest absolute Gasteiger partial charge is 0.254 e. The third-order valence-corrected chi connectivity index (χ3v) is 4.18. The van der Waals surface area contributed by atoms with Crippen molar-refractivity contribution in [3.8, 4) is 0 Å². The largest absolute Gasteiger partial charge is 0.352 e. The molecule has 0 aromatic carbocycles. The number of carbonyl (C=O) groups excluding carboxylic acids is 1. The SMILES string of the molecule is Cc1[nH]ncc1C(=O)NCC1CCCC(Br)C1. The van der Waals surface area contributed by atoms with Gasteiger partial charge in [-0.15, -0.1) is 0 Å². The number of nitrogens with zero attached hydrogens (tertiary/aromatic N) is 1. The highest BCUT2D eigenvalue weighted by Crippen LogP contribution is 2.28. The molecule has 0 saturated heterocycles. The molecule has 2 N–H and O–H groups in total. The molecular weight excluding hydrogens is 282 g/mol. The van der Waals surface area contributed by atoms with E-state index in [0.717, 1.165) is 18.7 Å². The molecule has 5 heteroatoms. The lowest BCUT2D eigenvalue weighted by Gasteiger charge is -2.25. The number of nitrogens with one attached hydrogen (secondary N) is 2. The Morgan fingerprint density at radius 3 is 3.12 bits per heavy atom. The van der Waals surface area contributed by atoms with E-state index in [-0.39, 0.29) is 5.91 Å². The Balaban J connectivity index is 1.82. The van der Waals surface area contributed by atoms with Gasteiger partial charge >= 0.3 is 0 Å². The van der Waals surface area contributed by atoms with Gasteiger partial charge in [-0.3, -0.25) is 9.89 Å². The van der Waals surface area contributed by atoms with Crippen molar-refractivity contribution in [2.45, 2.75) is 37.4 Å². The molecule has 94 valence electrons. The topological polar surface area (TPSA) is 57.8 Å². The van der Waals surface area contributed by atoms with Crippen LogP contribution in [0.1, 0.15) is 41.7 Å². The molecule has 1 amide bonds. The fourth-order valence-corrected chi connectivity index (χ4v) is 3.18. The Kier molecular flexibility index (Phi) is 4.20. The van der Waals surface area contributed by atoms with Crippen molar-refractivity contribution < 1.29 is 4.79 Å². The molecule has 0 bridgehead atoms. The maximum absolute atomic E-state index is 11.9. The van der Waals surface area contributed by atoms with Gasteiger partial charge in [-0.1, -0.05) is 22.4 Å². The molecule has 1 fully saturated rings. The van der Waals surface area contributed by atoms with Crippen LogP contribution in [-0.4, -0.2) is 27.5 Å². The molecule has 4 nitrogen and oxygen atoms in total. The first-order valence-corrected chi connectivity index (χ1v) is 7.00. The minimum atomic E-state index is -0.0204. The van der Waals surface area contributed by atoms with Crippen molar-refractivity contribution in [1.82, 2.24) is 15.5 Å². The second-order valence-corrected chi connectivity index (χ2v) is 6.04. The van der Waals surface area contributed by atoms with Crippen LogP contribution in [0.25, 0.3) is 0 Å². The molecule has 1 heterocycles. The van der Waals surface area contributed by atoms with Crippen LogP contribution in [0.3, 0.4) is 0 Å². The Morgan fingerprint density at radius 1 is 1.65 bits per heavy atom. The van der Waals surface area contributed by atoms with Crippen LogP contribution in [0, 0.1) is 12.8 Å². The summed E-state index contributed by atoms with van der Waals surface area (Å²) in [6, 6.07) is 0. The van der Waals surface area contributed by atoms with E-state index in [0.29, 0.717) is 16.3 Å². The van der Waals surface area contributed by atoms with Crippen LogP contribution in [0.15, 0.2) is 6.20 Å². The molecular formula is C12H18BrN3O. The zero-order valence-corrected chi connectivity index (χ0v) is 11.6. The first kappa shape index (κ1) is 12.6. The molecule has 1 aromatic rings. The standard InChI is InChI=1S/C12H18BrN3O/c1-8-11(7-15-16-8)12(17)14-6-9-3-2-4-10(13)5-9/h7,9-10H,2-6H2,1H3,(H,14,17)(H,15,16). The van der Waals surface area contributed by atoms with Crippen LogP contribution < -0.4 is 5.32 Å². The van der Waals surface area contributed by atoms with Gasteiger partial charge in [0.05, 0.1) is 11.8 Å². The van der Waals surface area contributed by atoms with Crippen LogP contribution in [0.4, 0.5) is 0 Å². The average molecular weight is 300 g/mol. The maximum atomic E-state index is 11.9. The maximum Gasteiger partial charge on any atom is 0.254 e. The van der Waals surface area contributed by atoms with Crippen molar-refractivity contribution in [2.24, 2.45) is 5.92 Å². The second-order valence-electron chi connectivity index (χ2n) is 4.75. The van der Waals surface area contributed by atoms with Gasteiger partial charge < -0.3 is 5.32 Å². The normalized spacial score (nSPS) is 24.6. The van der Waals surface area contributed by atoms with E-state index in [1.54, 1.807) is 6.20 Å². The van der Waals surface area contributed by atoms with Crippen molar-refractivity contribution in [1.29, 1.82) is 0 Å². The van der Waals surface area contributed by atoms with Gasteiger partial charge in [0.2, 0.25) is 0 Å². The average Bonchev–Trinajstić information content (AvgIpc) is 2.72. The fourth-order valence-electron chi connectivity index (χ4n) is 2.32. The zero-order valence-electron chi connectivity index (χ0n) is 10.0. The number of aromatic nitrogens is 2. The minimum absolute atomic E-state index is 0.0204. The molecule has 1 saturated carbocycles. The molecule has 2 unspecified atom stereocenters. The zero-order chi connectivity index (χ0) is 12.3. The number of H-pyrrole nitrogens is 1. The highest BCUT2D eigenvalue weighted by atomic mass is 79.9. The molecule has 2 atom stereocenters. The summed E-state index contributed by atoms with van der Waals surface area (Å²) in [5.74, 6) is 0.581. The number of hydrogen-bond donors (Lipinski definition) is 2. The number of alkyl halides is 1. The monoisotopic (exact) mass is 299 g/mol. The van der Waals surface area contributed by atoms with Crippen LogP contribution in [-0.2, 0) is 0 Å². The van der Waals surface area contributed by atoms with E-state index >= 15 is 0 Å². The van der Waals surface area contributed by atoms with E-state index in [1.807, 2.05) is 6.92 Å². The summed E-state index contributed by atoms with van der Waals surface area (Å²) in [4.78, 5) is 12.5. The van der Waals surface area contributed by atoms with E-state index < -0.39 is 0 Å². The summed E-state index contributed by atoms with van der Waals surface area (Å²) in [5, 5.41) is 9.63. The summed E-state index contributed by atoms with van der Waals surface area (Å²) in [6.07, 6.45) is 6.46. The first-order chi connectivity index (χ1) is 8.16. The molecule has 0 spiro atoms. The molecule has 1 aliphatic rings. The lowest BCUT2D eigenvalue weighted by atomic mass is 9.89. The Labute approximate surface area is 110 Å². The summed E-state index contributed by atoms with van der Waals surface area (Å²) >= 11 is 3.66.